The summed E-state index contributed by atoms with van der Waals surface area (Å²) in [6, 6.07) is 2.88. The summed E-state index contributed by atoms with van der Waals surface area (Å²) in [7, 11) is 1.76. The fourth-order valence-corrected chi connectivity index (χ4v) is 3.52. The molecule has 4 heteroatoms. The Bertz CT molecular complexity index is 353. The van der Waals surface area contributed by atoms with Crippen molar-refractivity contribution < 1.29 is 4.74 Å². The highest BCUT2D eigenvalue weighted by molar-refractivity contribution is 7.10. The highest BCUT2D eigenvalue weighted by atomic mass is 32.1. The molecule has 2 rings (SSSR count). The first-order chi connectivity index (χ1) is 8.83. The summed E-state index contributed by atoms with van der Waals surface area (Å²) in [4.78, 5) is 4.17. The molecular formula is C14H24N2OS. The van der Waals surface area contributed by atoms with Crippen LogP contribution in [0.5, 0.6) is 0 Å². The van der Waals surface area contributed by atoms with Gasteiger partial charge in [0.15, 0.2) is 0 Å². The van der Waals surface area contributed by atoms with Crippen molar-refractivity contribution in [3.8, 4) is 0 Å². The van der Waals surface area contributed by atoms with Gasteiger partial charge in [-0.2, -0.15) is 0 Å². The third kappa shape index (κ3) is 3.54. The summed E-state index contributed by atoms with van der Waals surface area (Å²) < 4.78 is 5.04. The zero-order valence-electron chi connectivity index (χ0n) is 11.4. The number of methoxy groups -OCH3 is 1. The molecule has 1 N–H and O–H groups in total. The Kier molecular flexibility index (Phi) is 5.63. The third-order valence-corrected chi connectivity index (χ3v) is 4.68. The van der Waals surface area contributed by atoms with Crippen LogP contribution in [0.25, 0.3) is 0 Å². The smallest absolute Gasteiger partial charge is 0.0474 e. The summed E-state index contributed by atoms with van der Waals surface area (Å²) in [5, 5.41) is 5.72. The first kappa shape index (κ1) is 14.0. The van der Waals surface area contributed by atoms with Crippen LogP contribution in [-0.4, -0.2) is 44.8 Å². The molecule has 0 bridgehead atoms. The van der Waals surface area contributed by atoms with Gasteiger partial charge in [-0.3, -0.25) is 4.90 Å². The van der Waals surface area contributed by atoms with Crippen molar-refractivity contribution in [1.29, 1.82) is 0 Å². The highest BCUT2D eigenvalue weighted by Gasteiger charge is 2.23. The predicted molar refractivity (Wildman–Crippen MR) is 77.4 cm³/mol. The molecule has 1 unspecified atom stereocenters. The van der Waals surface area contributed by atoms with Crippen LogP contribution in [0.1, 0.15) is 29.8 Å². The Labute approximate surface area is 114 Å². The van der Waals surface area contributed by atoms with Crippen molar-refractivity contribution in [3.05, 3.63) is 21.9 Å². The van der Waals surface area contributed by atoms with Gasteiger partial charge in [-0.05, 0) is 43.3 Å². The summed E-state index contributed by atoms with van der Waals surface area (Å²) in [5.74, 6) is 0. The van der Waals surface area contributed by atoms with E-state index in [1.165, 1.54) is 13.0 Å². The Morgan fingerprint density at radius 3 is 3.22 bits per heavy atom. The number of nitrogens with zero attached hydrogens (tertiary/aromatic N) is 1. The van der Waals surface area contributed by atoms with Gasteiger partial charge in [0, 0.05) is 44.3 Å². The van der Waals surface area contributed by atoms with Crippen LogP contribution in [0.2, 0.25) is 0 Å². The number of ether oxygens (including phenoxy) is 1. The second-order valence-corrected chi connectivity index (χ2v) is 5.86. The van der Waals surface area contributed by atoms with E-state index < -0.39 is 0 Å². The molecule has 1 aromatic rings. The van der Waals surface area contributed by atoms with Crippen molar-refractivity contribution in [3.63, 3.8) is 0 Å². The molecule has 102 valence electrons. The van der Waals surface area contributed by atoms with Gasteiger partial charge in [-0.25, -0.2) is 0 Å². The summed E-state index contributed by atoms with van der Waals surface area (Å²) >= 11 is 1.91. The van der Waals surface area contributed by atoms with Gasteiger partial charge in [0.05, 0.1) is 0 Å². The van der Waals surface area contributed by atoms with Gasteiger partial charge < -0.3 is 10.1 Å². The molecule has 18 heavy (non-hydrogen) atoms. The van der Waals surface area contributed by atoms with E-state index in [-0.39, 0.29) is 0 Å². The zero-order valence-corrected chi connectivity index (χ0v) is 12.3. The minimum absolute atomic E-state index is 0.584. The second kappa shape index (κ2) is 7.24. The van der Waals surface area contributed by atoms with Crippen LogP contribution in [-0.2, 0) is 11.2 Å². The molecule has 0 fully saturated rings. The van der Waals surface area contributed by atoms with E-state index in [0.717, 1.165) is 32.7 Å². The lowest BCUT2D eigenvalue weighted by Gasteiger charge is -2.33. The molecule has 0 aliphatic carbocycles. The standard InChI is InChI=1S/C14H24N2OS/c1-12-13-5-11-18-14(13)4-8-16(12)9-7-15-6-3-10-17-2/h5,11-12,15H,3-4,6-10H2,1-2H3. The lowest BCUT2D eigenvalue weighted by molar-refractivity contribution is 0.188. The highest BCUT2D eigenvalue weighted by Crippen LogP contribution is 2.32. The second-order valence-electron chi connectivity index (χ2n) is 4.86. The van der Waals surface area contributed by atoms with E-state index in [2.05, 4.69) is 28.6 Å². The number of hydrogen-bond acceptors (Lipinski definition) is 4. The lowest BCUT2D eigenvalue weighted by Crippen LogP contribution is -2.38. The molecule has 0 spiro atoms. The van der Waals surface area contributed by atoms with Crippen LogP contribution in [0.4, 0.5) is 0 Å². The number of fused-ring (bicyclic) bond motifs is 1. The van der Waals surface area contributed by atoms with Gasteiger partial charge in [0.25, 0.3) is 0 Å². The lowest BCUT2D eigenvalue weighted by atomic mass is 10.0. The normalized spacial score (nSPS) is 20.0. The maximum atomic E-state index is 5.04. The fraction of sp³-hybridized carbons (Fsp3) is 0.714. The molecule has 1 aromatic heterocycles. The van der Waals surface area contributed by atoms with Crippen LogP contribution >= 0.6 is 11.3 Å². The fourth-order valence-electron chi connectivity index (χ4n) is 2.56. The minimum Gasteiger partial charge on any atom is -0.385 e. The number of hydrogen-bond donors (Lipinski definition) is 1. The molecule has 0 aromatic carbocycles. The molecule has 0 amide bonds. The molecule has 1 atom stereocenters. The minimum atomic E-state index is 0.584. The van der Waals surface area contributed by atoms with Crippen molar-refractivity contribution in [2.75, 3.05) is 39.9 Å². The maximum absolute atomic E-state index is 5.04. The van der Waals surface area contributed by atoms with E-state index in [4.69, 9.17) is 4.74 Å². The molecule has 0 radical (unpaired) electrons. The third-order valence-electron chi connectivity index (χ3n) is 3.68. The molecule has 1 aliphatic heterocycles. The van der Waals surface area contributed by atoms with Crippen LogP contribution in [0.15, 0.2) is 11.4 Å². The van der Waals surface area contributed by atoms with E-state index in [0.29, 0.717) is 6.04 Å². The molecule has 1 aliphatic rings. The SMILES string of the molecule is COCCCNCCN1CCc2sccc2C1C. The largest absolute Gasteiger partial charge is 0.385 e. The number of thiophene rings is 1. The monoisotopic (exact) mass is 268 g/mol. The Hall–Kier alpha value is -0.420. The van der Waals surface area contributed by atoms with Gasteiger partial charge in [0.2, 0.25) is 0 Å². The molecule has 0 saturated carbocycles. The zero-order chi connectivity index (χ0) is 12.8. The Morgan fingerprint density at radius 2 is 2.39 bits per heavy atom. The van der Waals surface area contributed by atoms with Crippen molar-refractivity contribution >= 4 is 11.3 Å². The van der Waals surface area contributed by atoms with E-state index in [1.807, 2.05) is 11.3 Å². The summed E-state index contributed by atoms with van der Waals surface area (Å²) in [6.45, 7) is 7.66. The maximum Gasteiger partial charge on any atom is 0.0474 e. The van der Waals surface area contributed by atoms with Gasteiger partial charge in [0.1, 0.15) is 0 Å². The van der Waals surface area contributed by atoms with Gasteiger partial charge in [-0.15, -0.1) is 11.3 Å². The molecular weight excluding hydrogens is 244 g/mol. The number of nitrogens with one attached hydrogen (secondary N) is 1. The molecule has 0 saturated heterocycles. The first-order valence-corrected chi connectivity index (χ1v) is 7.71. The van der Waals surface area contributed by atoms with Crippen molar-refractivity contribution in [1.82, 2.24) is 10.2 Å². The average Bonchev–Trinajstić information content (AvgIpc) is 2.85. The predicted octanol–water partition coefficient (Wildman–Crippen LogP) is 2.29. The Morgan fingerprint density at radius 1 is 1.50 bits per heavy atom. The van der Waals surface area contributed by atoms with Gasteiger partial charge in [-0.1, -0.05) is 0 Å². The van der Waals surface area contributed by atoms with E-state index in [1.54, 1.807) is 17.6 Å². The van der Waals surface area contributed by atoms with Crippen LogP contribution in [0.3, 0.4) is 0 Å². The number of rotatable bonds is 7. The van der Waals surface area contributed by atoms with E-state index in [9.17, 15) is 0 Å². The topological polar surface area (TPSA) is 24.5 Å². The summed E-state index contributed by atoms with van der Waals surface area (Å²) in [6.07, 6.45) is 2.32. The van der Waals surface area contributed by atoms with Gasteiger partial charge >= 0.3 is 0 Å². The van der Waals surface area contributed by atoms with Crippen LogP contribution < -0.4 is 5.32 Å². The molecule has 2 heterocycles. The van der Waals surface area contributed by atoms with Crippen molar-refractivity contribution in [2.24, 2.45) is 0 Å². The average molecular weight is 268 g/mol. The molecule has 3 nitrogen and oxygen atoms in total. The summed E-state index contributed by atoms with van der Waals surface area (Å²) in [5.41, 5.74) is 1.55. The quantitative estimate of drug-likeness (QED) is 0.768. The Balaban J connectivity index is 1.68. The van der Waals surface area contributed by atoms with Crippen LogP contribution in [0, 0.1) is 0 Å². The first-order valence-electron chi connectivity index (χ1n) is 6.83. The van der Waals surface area contributed by atoms with Crippen molar-refractivity contribution in [2.45, 2.75) is 25.8 Å². The van der Waals surface area contributed by atoms with E-state index >= 15 is 0 Å².